The number of hydrogen-bond donors (Lipinski definition) is 2. The van der Waals surface area contributed by atoms with Crippen molar-refractivity contribution in [2.24, 2.45) is 0 Å². The van der Waals surface area contributed by atoms with Gasteiger partial charge in [0.25, 0.3) is 5.91 Å². The molecule has 1 unspecified atom stereocenters. The number of nitrogens with one attached hydrogen (secondary N) is 2. The Morgan fingerprint density at radius 1 is 1.53 bits per heavy atom. The molecular weight excluding hydrogens is 304 g/mol. The fraction of sp³-hybridized carbons (Fsp3) is 0.455. The Kier molecular flexibility index (Phi) is 4.17. The maximum Gasteiger partial charge on any atom is 0.252 e. The summed E-state index contributed by atoms with van der Waals surface area (Å²) in [6.45, 7) is 0.704. The second-order valence-electron chi connectivity index (χ2n) is 3.95. The lowest BCUT2D eigenvalue weighted by Gasteiger charge is -2.14. The zero-order valence-electron chi connectivity index (χ0n) is 9.16. The molecule has 0 spiro atoms. The maximum absolute atomic E-state index is 11.9. The second-order valence-corrected chi connectivity index (χ2v) is 6.24. The first-order chi connectivity index (χ1) is 8.16. The molecule has 1 aliphatic rings. The van der Waals surface area contributed by atoms with Crippen LogP contribution in [-0.2, 0) is 4.79 Å². The molecule has 17 heavy (non-hydrogen) atoms. The van der Waals surface area contributed by atoms with Crippen molar-refractivity contribution in [2.75, 3.05) is 6.54 Å². The predicted octanol–water partition coefficient (Wildman–Crippen LogP) is 1.91. The normalized spacial score (nSPS) is 20.5. The lowest BCUT2D eigenvalue weighted by molar-refractivity contribution is -0.122. The van der Waals surface area contributed by atoms with Crippen LogP contribution in [0.2, 0.25) is 0 Å². The number of carbonyl (C=O) groups excluding carboxylic acids is 2. The summed E-state index contributed by atoms with van der Waals surface area (Å²) in [5.74, 6) is -0.265. The molecule has 1 aliphatic heterocycles. The third kappa shape index (κ3) is 3.29. The lowest BCUT2D eigenvalue weighted by atomic mass is 10.1. The average Bonchev–Trinajstić information content (AvgIpc) is 2.63. The Hall–Kier alpha value is -0.880. The molecule has 2 amide bonds. The molecule has 1 aromatic heterocycles. The minimum atomic E-state index is -0.399. The minimum Gasteiger partial charge on any atom is -0.354 e. The maximum atomic E-state index is 11.9. The van der Waals surface area contributed by atoms with Gasteiger partial charge < -0.3 is 10.6 Å². The van der Waals surface area contributed by atoms with Crippen molar-refractivity contribution >= 4 is 39.1 Å². The Bertz CT molecular complexity index is 433. The molecule has 2 rings (SSSR count). The fourth-order valence-electron chi connectivity index (χ4n) is 1.75. The highest BCUT2D eigenvalue weighted by atomic mass is 79.9. The molecule has 6 heteroatoms. The number of carbonyl (C=O) groups is 2. The first-order valence-corrected chi connectivity index (χ1v) is 7.16. The van der Waals surface area contributed by atoms with Gasteiger partial charge in [-0.3, -0.25) is 9.59 Å². The van der Waals surface area contributed by atoms with Crippen LogP contribution in [0.1, 0.15) is 29.6 Å². The van der Waals surface area contributed by atoms with Gasteiger partial charge in [-0.25, -0.2) is 0 Å². The molecule has 2 N–H and O–H groups in total. The van der Waals surface area contributed by atoms with Crippen LogP contribution in [0.4, 0.5) is 0 Å². The molecule has 0 bridgehead atoms. The van der Waals surface area contributed by atoms with Gasteiger partial charge >= 0.3 is 0 Å². The summed E-state index contributed by atoms with van der Waals surface area (Å²) in [7, 11) is 0. The van der Waals surface area contributed by atoms with Crippen LogP contribution in [0, 0.1) is 0 Å². The van der Waals surface area contributed by atoms with Gasteiger partial charge in [-0.1, -0.05) is 0 Å². The van der Waals surface area contributed by atoms with E-state index in [0.717, 1.165) is 16.6 Å². The Morgan fingerprint density at radius 3 is 3.06 bits per heavy atom. The van der Waals surface area contributed by atoms with E-state index in [1.54, 1.807) is 11.4 Å². The van der Waals surface area contributed by atoms with E-state index >= 15 is 0 Å². The topological polar surface area (TPSA) is 58.2 Å². The number of halogens is 1. The van der Waals surface area contributed by atoms with Gasteiger partial charge in [0.15, 0.2) is 0 Å². The van der Waals surface area contributed by atoms with Gasteiger partial charge in [-0.15, -0.1) is 11.3 Å². The van der Waals surface area contributed by atoms with Crippen LogP contribution in [0.15, 0.2) is 15.2 Å². The molecule has 0 aliphatic carbocycles. The molecule has 1 saturated heterocycles. The van der Waals surface area contributed by atoms with Gasteiger partial charge in [0.2, 0.25) is 5.91 Å². The fourth-order valence-corrected chi connectivity index (χ4v) is 2.88. The van der Waals surface area contributed by atoms with Crippen molar-refractivity contribution in [3.63, 3.8) is 0 Å². The van der Waals surface area contributed by atoms with E-state index in [1.165, 1.54) is 11.3 Å². The summed E-state index contributed by atoms with van der Waals surface area (Å²) in [5.41, 5.74) is 0.596. The van der Waals surface area contributed by atoms with Crippen LogP contribution in [0.3, 0.4) is 0 Å². The first kappa shape index (κ1) is 12.6. The van der Waals surface area contributed by atoms with E-state index in [9.17, 15) is 9.59 Å². The van der Waals surface area contributed by atoms with Crippen LogP contribution in [0.5, 0.6) is 0 Å². The SMILES string of the molecule is O=C(NC1CCCCNC1=O)c1csc(Br)c1. The van der Waals surface area contributed by atoms with E-state index in [-0.39, 0.29) is 11.8 Å². The lowest BCUT2D eigenvalue weighted by Crippen LogP contribution is -2.45. The highest BCUT2D eigenvalue weighted by molar-refractivity contribution is 9.11. The quantitative estimate of drug-likeness (QED) is 0.875. The van der Waals surface area contributed by atoms with E-state index in [1.807, 2.05) is 0 Å². The van der Waals surface area contributed by atoms with Crippen molar-refractivity contribution in [3.05, 3.63) is 20.8 Å². The van der Waals surface area contributed by atoms with Gasteiger partial charge in [0.05, 0.1) is 9.35 Å². The molecule has 2 heterocycles. The summed E-state index contributed by atoms with van der Waals surface area (Å²) in [6, 6.07) is 1.36. The van der Waals surface area contributed by atoms with Crippen LogP contribution in [-0.4, -0.2) is 24.4 Å². The van der Waals surface area contributed by atoms with Crippen molar-refractivity contribution in [2.45, 2.75) is 25.3 Å². The van der Waals surface area contributed by atoms with Crippen molar-refractivity contribution in [3.8, 4) is 0 Å². The summed E-state index contributed by atoms with van der Waals surface area (Å²) < 4.78 is 0.910. The molecule has 0 aromatic carbocycles. The number of thiophene rings is 1. The van der Waals surface area contributed by atoms with Crippen LogP contribution in [0.25, 0.3) is 0 Å². The molecule has 1 fully saturated rings. The third-order valence-electron chi connectivity index (χ3n) is 2.67. The molecule has 4 nitrogen and oxygen atoms in total. The summed E-state index contributed by atoms with van der Waals surface area (Å²) >= 11 is 4.76. The Balaban J connectivity index is 1.99. The highest BCUT2D eigenvalue weighted by Gasteiger charge is 2.23. The summed E-state index contributed by atoms with van der Waals surface area (Å²) in [5, 5.41) is 7.34. The summed E-state index contributed by atoms with van der Waals surface area (Å²) in [6.07, 6.45) is 2.64. The van der Waals surface area contributed by atoms with Crippen LogP contribution >= 0.6 is 27.3 Å². The number of hydrogen-bond acceptors (Lipinski definition) is 3. The van der Waals surface area contributed by atoms with Gasteiger partial charge in [-0.05, 0) is 41.3 Å². The summed E-state index contributed by atoms with van der Waals surface area (Å²) in [4.78, 5) is 23.5. The van der Waals surface area contributed by atoms with E-state index in [2.05, 4.69) is 26.6 Å². The van der Waals surface area contributed by atoms with E-state index < -0.39 is 6.04 Å². The first-order valence-electron chi connectivity index (χ1n) is 5.49. The zero-order valence-corrected chi connectivity index (χ0v) is 11.6. The number of rotatable bonds is 2. The van der Waals surface area contributed by atoms with E-state index in [4.69, 9.17) is 0 Å². The molecule has 1 aromatic rings. The molecule has 1 atom stereocenters. The zero-order chi connectivity index (χ0) is 12.3. The van der Waals surface area contributed by atoms with Crippen molar-refractivity contribution in [1.82, 2.24) is 10.6 Å². The van der Waals surface area contributed by atoms with Crippen molar-refractivity contribution < 1.29 is 9.59 Å². The van der Waals surface area contributed by atoms with Gasteiger partial charge in [0, 0.05) is 11.9 Å². The van der Waals surface area contributed by atoms with Crippen molar-refractivity contribution in [1.29, 1.82) is 0 Å². The molecular formula is C11H13BrN2O2S. The molecule has 0 radical (unpaired) electrons. The Morgan fingerprint density at radius 2 is 2.35 bits per heavy atom. The monoisotopic (exact) mass is 316 g/mol. The highest BCUT2D eigenvalue weighted by Crippen LogP contribution is 2.20. The second kappa shape index (κ2) is 5.64. The minimum absolute atomic E-state index is 0.0786. The Labute approximate surface area is 112 Å². The smallest absolute Gasteiger partial charge is 0.252 e. The molecule has 0 saturated carbocycles. The van der Waals surface area contributed by atoms with E-state index in [0.29, 0.717) is 18.5 Å². The van der Waals surface area contributed by atoms with Gasteiger partial charge in [0.1, 0.15) is 6.04 Å². The average molecular weight is 317 g/mol. The van der Waals surface area contributed by atoms with Crippen LogP contribution < -0.4 is 10.6 Å². The number of amides is 2. The van der Waals surface area contributed by atoms with Gasteiger partial charge in [-0.2, -0.15) is 0 Å². The molecule has 92 valence electrons. The standard InChI is InChI=1S/C11H13BrN2O2S/c12-9-5-7(6-17-9)10(15)14-8-3-1-2-4-13-11(8)16/h5-6,8H,1-4H2,(H,13,16)(H,14,15). The third-order valence-corrected chi connectivity index (χ3v) is 4.17. The largest absolute Gasteiger partial charge is 0.354 e. The predicted molar refractivity (Wildman–Crippen MR) is 70.1 cm³/mol.